The van der Waals surface area contributed by atoms with E-state index in [0.29, 0.717) is 0 Å². The van der Waals surface area contributed by atoms with Crippen LogP contribution < -0.4 is 5.32 Å². The van der Waals surface area contributed by atoms with Gasteiger partial charge in [-0.1, -0.05) is 13.3 Å². The molecule has 0 bridgehead atoms. The molecule has 0 atom stereocenters. The third-order valence-electron chi connectivity index (χ3n) is 3.93. The second-order valence-electron chi connectivity index (χ2n) is 6.28. The highest BCUT2D eigenvalue weighted by atomic mass is 16.2. The number of aromatic nitrogens is 6. The van der Waals surface area contributed by atoms with Crippen molar-refractivity contribution in [2.75, 3.05) is 5.32 Å². The van der Waals surface area contributed by atoms with Gasteiger partial charge in [-0.15, -0.1) is 0 Å². The summed E-state index contributed by atoms with van der Waals surface area (Å²) in [6.07, 6.45) is 5.56. The summed E-state index contributed by atoms with van der Waals surface area (Å²) in [7, 11) is 0. The minimum atomic E-state index is -0.146. The van der Waals surface area contributed by atoms with E-state index in [0.717, 1.165) is 47.8 Å². The fourth-order valence-corrected chi connectivity index (χ4v) is 2.59. The zero-order chi connectivity index (χ0) is 18.5. The van der Waals surface area contributed by atoms with Crippen molar-refractivity contribution >= 4 is 11.7 Å². The summed E-state index contributed by atoms with van der Waals surface area (Å²) in [6.45, 7) is 6.84. The van der Waals surface area contributed by atoms with E-state index in [1.807, 2.05) is 36.7 Å². The molecule has 1 amide bonds. The van der Waals surface area contributed by atoms with Crippen LogP contribution in [0.1, 0.15) is 31.2 Å². The van der Waals surface area contributed by atoms with Gasteiger partial charge in [-0.25, -0.2) is 4.68 Å². The molecule has 1 N–H and O–H groups in total. The lowest BCUT2D eigenvalue weighted by Gasteiger charge is -2.08. The van der Waals surface area contributed by atoms with Crippen LogP contribution in [0.3, 0.4) is 0 Å². The quantitative estimate of drug-likeness (QED) is 0.705. The number of aryl methyl sites for hydroxylation is 3. The minimum Gasteiger partial charge on any atom is -0.309 e. The van der Waals surface area contributed by atoms with E-state index in [1.165, 1.54) is 0 Å². The smallest absolute Gasteiger partial charge is 0.247 e. The monoisotopic (exact) mass is 353 g/mol. The van der Waals surface area contributed by atoms with Crippen LogP contribution in [0.25, 0.3) is 11.3 Å². The van der Waals surface area contributed by atoms with E-state index in [2.05, 4.69) is 32.6 Å². The van der Waals surface area contributed by atoms with Crippen molar-refractivity contribution in [3.63, 3.8) is 0 Å². The van der Waals surface area contributed by atoms with Crippen LogP contribution in [0.5, 0.6) is 0 Å². The first-order valence-corrected chi connectivity index (χ1v) is 8.72. The van der Waals surface area contributed by atoms with E-state index in [4.69, 9.17) is 0 Å². The fourth-order valence-electron chi connectivity index (χ4n) is 2.59. The van der Waals surface area contributed by atoms with Crippen molar-refractivity contribution in [1.29, 1.82) is 0 Å². The predicted molar refractivity (Wildman–Crippen MR) is 98.5 cm³/mol. The van der Waals surface area contributed by atoms with Crippen LogP contribution in [0.15, 0.2) is 30.6 Å². The molecule has 0 saturated carbocycles. The fraction of sp³-hybridized carbons (Fsp3) is 0.389. The first kappa shape index (κ1) is 17.8. The molecule has 3 rings (SSSR count). The predicted octanol–water partition coefficient (Wildman–Crippen LogP) is 2.59. The summed E-state index contributed by atoms with van der Waals surface area (Å²) in [5.41, 5.74) is 3.30. The Balaban J connectivity index is 1.65. The number of nitrogens with zero attached hydrogens (tertiary/aromatic N) is 6. The molecule has 3 aromatic heterocycles. The highest BCUT2D eigenvalue weighted by Crippen LogP contribution is 2.15. The van der Waals surface area contributed by atoms with Gasteiger partial charge in [-0.05, 0) is 32.4 Å². The highest BCUT2D eigenvalue weighted by molar-refractivity contribution is 5.89. The molecule has 26 heavy (non-hydrogen) atoms. The van der Waals surface area contributed by atoms with Crippen LogP contribution in [-0.2, 0) is 17.9 Å². The average molecular weight is 353 g/mol. The number of carbonyl (C=O) groups excluding carboxylic acids is 1. The Kier molecular flexibility index (Phi) is 5.40. The van der Waals surface area contributed by atoms with Gasteiger partial charge in [0, 0.05) is 24.4 Å². The molecule has 8 nitrogen and oxygen atoms in total. The van der Waals surface area contributed by atoms with Crippen molar-refractivity contribution in [3.05, 3.63) is 42.0 Å². The molecule has 0 aliphatic carbocycles. The van der Waals surface area contributed by atoms with Crippen LogP contribution in [-0.4, -0.2) is 35.7 Å². The zero-order valence-electron chi connectivity index (χ0n) is 15.3. The molecular weight excluding hydrogens is 330 g/mol. The lowest BCUT2D eigenvalue weighted by molar-refractivity contribution is -0.116. The van der Waals surface area contributed by atoms with Crippen LogP contribution in [0.4, 0.5) is 5.82 Å². The number of anilines is 1. The van der Waals surface area contributed by atoms with Crippen LogP contribution >= 0.6 is 0 Å². The first-order valence-electron chi connectivity index (χ1n) is 8.72. The summed E-state index contributed by atoms with van der Waals surface area (Å²) in [6, 6.07) is 5.66. The largest absolute Gasteiger partial charge is 0.309 e. The molecule has 8 heteroatoms. The number of rotatable bonds is 7. The molecule has 0 spiro atoms. The number of amides is 1. The van der Waals surface area contributed by atoms with Gasteiger partial charge >= 0.3 is 0 Å². The van der Waals surface area contributed by atoms with Gasteiger partial charge in [0.1, 0.15) is 12.4 Å². The summed E-state index contributed by atoms with van der Waals surface area (Å²) in [4.78, 5) is 12.4. The normalized spacial score (nSPS) is 10.9. The summed E-state index contributed by atoms with van der Waals surface area (Å²) >= 11 is 0. The second kappa shape index (κ2) is 7.90. The van der Waals surface area contributed by atoms with Gasteiger partial charge in [0.25, 0.3) is 0 Å². The lowest BCUT2D eigenvalue weighted by Crippen LogP contribution is -2.21. The Morgan fingerprint density at radius 1 is 1.19 bits per heavy atom. The maximum atomic E-state index is 12.4. The summed E-state index contributed by atoms with van der Waals surface area (Å²) in [5, 5.41) is 19.8. The Labute approximate surface area is 152 Å². The van der Waals surface area contributed by atoms with Gasteiger partial charge in [-0.3, -0.25) is 9.48 Å². The van der Waals surface area contributed by atoms with Crippen molar-refractivity contribution in [2.45, 2.75) is 46.7 Å². The second-order valence-corrected chi connectivity index (χ2v) is 6.28. The molecule has 3 heterocycles. The molecule has 0 fully saturated rings. The SMILES string of the molecule is CCCCn1nc(C)cc1NC(=O)Cn1cc(-c2ccc(C)nn2)cn1. The number of carbonyl (C=O) groups is 1. The van der Waals surface area contributed by atoms with Crippen LogP contribution in [0, 0.1) is 13.8 Å². The average Bonchev–Trinajstić information content (AvgIpc) is 3.20. The number of unbranched alkanes of at least 4 members (excludes halogenated alkanes) is 1. The van der Waals surface area contributed by atoms with Crippen molar-refractivity contribution in [1.82, 2.24) is 29.8 Å². The van der Waals surface area contributed by atoms with E-state index < -0.39 is 0 Å². The maximum Gasteiger partial charge on any atom is 0.247 e. The Bertz CT molecular complexity index is 879. The number of nitrogens with one attached hydrogen (secondary N) is 1. The number of hydrogen-bond acceptors (Lipinski definition) is 5. The van der Waals surface area contributed by atoms with Crippen molar-refractivity contribution in [3.8, 4) is 11.3 Å². The van der Waals surface area contributed by atoms with Gasteiger partial charge in [0.2, 0.25) is 5.91 Å². The van der Waals surface area contributed by atoms with E-state index in [-0.39, 0.29) is 12.5 Å². The van der Waals surface area contributed by atoms with Crippen molar-refractivity contribution < 1.29 is 4.79 Å². The maximum absolute atomic E-state index is 12.4. The van der Waals surface area contributed by atoms with E-state index in [9.17, 15) is 4.79 Å². The number of hydrogen-bond donors (Lipinski definition) is 1. The van der Waals surface area contributed by atoms with Crippen molar-refractivity contribution in [2.24, 2.45) is 0 Å². The van der Waals surface area contributed by atoms with E-state index in [1.54, 1.807) is 17.1 Å². The molecule has 3 aromatic rings. The molecule has 0 aliphatic heterocycles. The third-order valence-corrected chi connectivity index (χ3v) is 3.93. The molecule has 0 aromatic carbocycles. The molecule has 136 valence electrons. The third kappa shape index (κ3) is 4.33. The van der Waals surface area contributed by atoms with Gasteiger partial charge in [-0.2, -0.15) is 20.4 Å². The first-order chi connectivity index (χ1) is 12.5. The van der Waals surface area contributed by atoms with Gasteiger partial charge < -0.3 is 5.32 Å². The van der Waals surface area contributed by atoms with E-state index >= 15 is 0 Å². The Morgan fingerprint density at radius 2 is 2.04 bits per heavy atom. The molecule has 0 saturated heterocycles. The minimum absolute atomic E-state index is 0.122. The Hall–Kier alpha value is -3.03. The Morgan fingerprint density at radius 3 is 2.77 bits per heavy atom. The highest BCUT2D eigenvalue weighted by Gasteiger charge is 2.11. The van der Waals surface area contributed by atoms with Gasteiger partial charge in [0.05, 0.1) is 23.3 Å². The topological polar surface area (TPSA) is 90.5 Å². The molecule has 0 unspecified atom stereocenters. The standard InChI is InChI=1S/C18H23N7O/c1-4-5-8-25-17(9-14(3)23-25)20-18(26)12-24-11-15(10-19-24)16-7-6-13(2)21-22-16/h6-7,9-11H,4-5,8,12H2,1-3H3,(H,20,26). The van der Waals surface area contributed by atoms with Gasteiger partial charge in [0.15, 0.2) is 0 Å². The zero-order valence-corrected chi connectivity index (χ0v) is 15.3. The van der Waals surface area contributed by atoms with Crippen LogP contribution in [0.2, 0.25) is 0 Å². The summed E-state index contributed by atoms with van der Waals surface area (Å²) in [5.74, 6) is 0.574. The molecular formula is C18H23N7O. The molecule has 0 aliphatic rings. The summed E-state index contributed by atoms with van der Waals surface area (Å²) < 4.78 is 3.43. The lowest BCUT2D eigenvalue weighted by atomic mass is 10.2. The molecule has 0 radical (unpaired) electrons.